The summed E-state index contributed by atoms with van der Waals surface area (Å²) in [7, 11) is 3.21. The number of nitrogens with one attached hydrogen (secondary N) is 1. The molecule has 3 N–H and O–H groups in total. The molecule has 2 heterocycles. The van der Waals surface area contributed by atoms with E-state index >= 15 is 0 Å². The predicted octanol–water partition coefficient (Wildman–Crippen LogP) is 3.87. The molecule has 7 nitrogen and oxygen atoms in total. The normalized spacial score (nSPS) is 16.1. The minimum Gasteiger partial charge on any atom is -0.493 e. The van der Waals surface area contributed by atoms with Crippen LogP contribution < -0.4 is 20.5 Å². The zero-order valence-electron chi connectivity index (χ0n) is 16.4. The summed E-state index contributed by atoms with van der Waals surface area (Å²) < 4.78 is 16.2. The van der Waals surface area contributed by atoms with Crippen LogP contribution in [0.2, 0.25) is 0 Å². The maximum atomic E-state index is 6.12. The lowest BCUT2D eigenvalue weighted by Gasteiger charge is -2.32. The van der Waals surface area contributed by atoms with Gasteiger partial charge in [0, 0.05) is 11.8 Å². The number of likely N-dealkylation sites (tertiary alicyclic amines) is 1. The van der Waals surface area contributed by atoms with Gasteiger partial charge in [0.25, 0.3) is 0 Å². The standard InChI is InChI=1S/C20H28N4O3.HI/c1-25-18-9-8-15(13-19(18)26-2)23-20(21)22-14-16(17-7-6-12-27-17)24-10-4-3-5-11-24;/h6-9,12-13,16H,3-5,10-11,14H2,1-2H3,(H3,21,22,23);1H. The van der Waals surface area contributed by atoms with E-state index in [-0.39, 0.29) is 30.0 Å². The Bertz CT molecular complexity index is 746. The maximum Gasteiger partial charge on any atom is 0.193 e. The molecule has 8 heteroatoms. The van der Waals surface area contributed by atoms with E-state index in [1.165, 1.54) is 19.3 Å². The number of aliphatic imine (C=N–C) groups is 1. The fourth-order valence-corrected chi connectivity index (χ4v) is 3.38. The van der Waals surface area contributed by atoms with Crippen LogP contribution in [0.15, 0.2) is 46.0 Å². The van der Waals surface area contributed by atoms with Crippen molar-refractivity contribution >= 4 is 35.6 Å². The van der Waals surface area contributed by atoms with Crippen LogP contribution >= 0.6 is 24.0 Å². The van der Waals surface area contributed by atoms with E-state index in [0.717, 1.165) is 24.5 Å². The molecule has 0 amide bonds. The molecule has 1 atom stereocenters. The Morgan fingerprint density at radius 2 is 1.93 bits per heavy atom. The van der Waals surface area contributed by atoms with Gasteiger partial charge in [-0.2, -0.15) is 0 Å². The Morgan fingerprint density at radius 3 is 2.57 bits per heavy atom. The zero-order valence-corrected chi connectivity index (χ0v) is 18.7. The highest BCUT2D eigenvalue weighted by molar-refractivity contribution is 14.0. The number of rotatable bonds is 7. The van der Waals surface area contributed by atoms with Crippen LogP contribution in [0.4, 0.5) is 5.69 Å². The number of hydrogen-bond donors (Lipinski definition) is 2. The van der Waals surface area contributed by atoms with Crippen molar-refractivity contribution in [2.45, 2.75) is 25.3 Å². The summed E-state index contributed by atoms with van der Waals surface area (Å²) in [6, 6.07) is 9.56. The third-order valence-electron chi connectivity index (χ3n) is 4.79. The summed E-state index contributed by atoms with van der Waals surface area (Å²) in [4.78, 5) is 6.98. The summed E-state index contributed by atoms with van der Waals surface area (Å²) in [5.74, 6) is 2.59. The summed E-state index contributed by atoms with van der Waals surface area (Å²) in [5.41, 5.74) is 6.91. The van der Waals surface area contributed by atoms with Crippen LogP contribution in [0.1, 0.15) is 31.1 Å². The molecule has 1 aromatic heterocycles. The number of methoxy groups -OCH3 is 2. The highest BCUT2D eigenvalue weighted by atomic mass is 127. The molecule has 0 spiro atoms. The monoisotopic (exact) mass is 500 g/mol. The highest BCUT2D eigenvalue weighted by Gasteiger charge is 2.24. The average molecular weight is 500 g/mol. The van der Waals surface area contributed by atoms with E-state index in [2.05, 4.69) is 15.2 Å². The van der Waals surface area contributed by atoms with E-state index in [0.29, 0.717) is 24.0 Å². The van der Waals surface area contributed by atoms with Gasteiger partial charge in [-0.25, -0.2) is 0 Å². The minimum atomic E-state index is 0. The molecule has 1 aliphatic rings. The first-order valence-electron chi connectivity index (χ1n) is 9.27. The number of anilines is 1. The topological polar surface area (TPSA) is 85.2 Å². The number of halogens is 1. The van der Waals surface area contributed by atoms with Gasteiger partial charge in [0.05, 0.1) is 33.1 Å². The molecule has 2 aromatic rings. The van der Waals surface area contributed by atoms with Crippen LogP contribution in [0.3, 0.4) is 0 Å². The fourth-order valence-electron chi connectivity index (χ4n) is 3.38. The lowest BCUT2D eigenvalue weighted by atomic mass is 10.1. The number of nitrogens with zero attached hydrogens (tertiary/aromatic N) is 2. The molecule has 0 aliphatic carbocycles. The Kier molecular flexibility index (Phi) is 8.91. The van der Waals surface area contributed by atoms with Gasteiger partial charge < -0.3 is 24.9 Å². The third kappa shape index (κ3) is 5.78. The van der Waals surface area contributed by atoms with Gasteiger partial charge in [0.1, 0.15) is 5.76 Å². The quantitative estimate of drug-likeness (QED) is 0.341. The van der Waals surface area contributed by atoms with Crippen molar-refractivity contribution in [1.29, 1.82) is 0 Å². The molecule has 0 radical (unpaired) electrons. The second-order valence-corrected chi connectivity index (χ2v) is 6.55. The molecule has 154 valence electrons. The molecular formula is C20H29IN4O3. The number of furan rings is 1. The lowest BCUT2D eigenvalue weighted by molar-refractivity contribution is 0.150. The van der Waals surface area contributed by atoms with Crippen molar-refractivity contribution in [1.82, 2.24) is 4.90 Å². The van der Waals surface area contributed by atoms with Crippen LogP contribution in [0.25, 0.3) is 0 Å². The molecule has 28 heavy (non-hydrogen) atoms. The molecule has 1 aliphatic heterocycles. The smallest absolute Gasteiger partial charge is 0.193 e. The van der Waals surface area contributed by atoms with Crippen LogP contribution in [-0.4, -0.2) is 44.7 Å². The van der Waals surface area contributed by atoms with E-state index in [1.54, 1.807) is 20.5 Å². The van der Waals surface area contributed by atoms with Crippen molar-refractivity contribution < 1.29 is 13.9 Å². The molecule has 1 unspecified atom stereocenters. The Labute approximate surface area is 183 Å². The van der Waals surface area contributed by atoms with E-state index in [4.69, 9.17) is 19.6 Å². The number of benzene rings is 1. The zero-order chi connectivity index (χ0) is 19.1. The van der Waals surface area contributed by atoms with E-state index in [1.807, 2.05) is 30.3 Å². The van der Waals surface area contributed by atoms with Crippen molar-refractivity contribution in [3.63, 3.8) is 0 Å². The van der Waals surface area contributed by atoms with Crippen LogP contribution in [-0.2, 0) is 0 Å². The molecule has 3 rings (SSSR count). The summed E-state index contributed by atoms with van der Waals surface area (Å²) >= 11 is 0. The number of ether oxygens (including phenoxy) is 2. The molecular weight excluding hydrogens is 471 g/mol. The molecule has 1 fully saturated rings. The number of hydrogen-bond acceptors (Lipinski definition) is 5. The predicted molar refractivity (Wildman–Crippen MR) is 122 cm³/mol. The summed E-state index contributed by atoms with van der Waals surface area (Å²) in [5, 5.41) is 3.11. The van der Waals surface area contributed by atoms with Gasteiger partial charge in [0.2, 0.25) is 0 Å². The molecule has 0 bridgehead atoms. The van der Waals surface area contributed by atoms with E-state index < -0.39 is 0 Å². The fraction of sp³-hybridized carbons (Fsp3) is 0.450. The molecule has 0 saturated carbocycles. The third-order valence-corrected chi connectivity index (χ3v) is 4.79. The first-order valence-corrected chi connectivity index (χ1v) is 9.27. The molecule has 1 aromatic carbocycles. The first kappa shape index (κ1) is 22.4. The minimum absolute atomic E-state index is 0. The van der Waals surface area contributed by atoms with Gasteiger partial charge in [-0.15, -0.1) is 24.0 Å². The van der Waals surface area contributed by atoms with Gasteiger partial charge in [0.15, 0.2) is 17.5 Å². The summed E-state index contributed by atoms with van der Waals surface area (Å²) in [6.45, 7) is 2.66. The van der Waals surface area contributed by atoms with Gasteiger partial charge in [-0.1, -0.05) is 6.42 Å². The summed E-state index contributed by atoms with van der Waals surface area (Å²) in [6.07, 6.45) is 5.41. The second-order valence-electron chi connectivity index (χ2n) is 6.55. The lowest BCUT2D eigenvalue weighted by Crippen LogP contribution is -2.36. The second kappa shape index (κ2) is 11.2. The van der Waals surface area contributed by atoms with Crippen LogP contribution in [0.5, 0.6) is 11.5 Å². The van der Waals surface area contributed by atoms with E-state index in [9.17, 15) is 0 Å². The van der Waals surface area contributed by atoms with Gasteiger partial charge >= 0.3 is 0 Å². The largest absolute Gasteiger partial charge is 0.493 e. The SMILES string of the molecule is COc1ccc(NC(N)=NCC(c2ccco2)N2CCCCC2)cc1OC.I. The van der Waals surface area contributed by atoms with Crippen molar-refractivity contribution in [3.05, 3.63) is 42.4 Å². The maximum absolute atomic E-state index is 6.12. The molecule has 1 saturated heterocycles. The number of guanidine groups is 1. The Balaban J connectivity index is 0.00000280. The Morgan fingerprint density at radius 1 is 1.18 bits per heavy atom. The number of nitrogens with two attached hydrogens (primary N) is 1. The van der Waals surface area contributed by atoms with Crippen molar-refractivity contribution in [2.75, 3.05) is 39.2 Å². The van der Waals surface area contributed by atoms with Gasteiger partial charge in [-0.3, -0.25) is 9.89 Å². The number of piperidine rings is 1. The Hall–Kier alpha value is -1.94. The highest BCUT2D eigenvalue weighted by Crippen LogP contribution is 2.30. The van der Waals surface area contributed by atoms with Crippen molar-refractivity contribution in [2.24, 2.45) is 10.7 Å². The van der Waals surface area contributed by atoms with Gasteiger partial charge in [-0.05, 0) is 50.2 Å². The first-order chi connectivity index (χ1) is 13.2. The van der Waals surface area contributed by atoms with Crippen LogP contribution in [0, 0.1) is 0 Å². The van der Waals surface area contributed by atoms with Crippen molar-refractivity contribution in [3.8, 4) is 11.5 Å². The average Bonchev–Trinajstić information content (AvgIpc) is 3.23.